The van der Waals surface area contributed by atoms with Crippen LogP contribution in [-0.4, -0.2) is 19.1 Å². The Kier molecular flexibility index (Phi) is 5.78. The summed E-state index contributed by atoms with van der Waals surface area (Å²) >= 11 is 0. The quantitative estimate of drug-likeness (QED) is 0.757. The Hall–Kier alpha value is -1.64. The van der Waals surface area contributed by atoms with Crippen LogP contribution in [0.25, 0.3) is 0 Å². The highest BCUT2D eigenvalue weighted by Crippen LogP contribution is 2.27. The fourth-order valence-electron chi connectivity index (χ4n) is 2.64. The number of nitrogens with one attached hydrogen (secondary N) is 1. The van der Waals surface area contributed by atoms with E-state index in [2.05, 4.69) is 72.9 Å². The Labute approximate surface area is 122 Å². The van der Waals surface area contributed by atoms with Gasteiger partial charge < -0.3 is 11.1 Å². The van der Waals surface area contributed by atoms with Crippen LogP contribution in [0.2, 0.25) is 0 Å². The van der Waals surface area contributed by atoms with Gasteiger partial charge in [-0.3, -0.25) is 0 Å². The highest BCUT2D eigenvalue weighted by molar-refractivity contribution is 5.34. The van der Waals surface area contributed by atoms with Crippen molar-refractivity contribution in [3.8, 4) is 0 Å². The van der Waals surface area contributed by atoms with Crippen molar-refractivity contribution in [3.05, 3.63) is 71.8 Å². The topological polar surface area (TPSA) is 38.0 Å². The van der Waals surface area contributed by atoms with Crippen LogP contribution in [0.3, 0.4) is 0 Å². The zero-order valence-corrected chi connectivity index (χ0v) is 12.1. The molecular weight excluding hydrogens is 244 g/mol. The summed E-state index contributed by atoms with van der Waals surface area (Å²) in [6, 6.07) is 21.8. The average Bonchev–Trinajstić information content (AvgIpc) is 2.50. The number of hydrogen-bond acceptors (Lipinski definition) is 2. The highest BCUT2D eigenvalue weighted by atomic mass is 14.9. The molecule has 2 aromatic carbocycles. The zero-order valence-electron chi connectivity index (χ0n) is 12.1. The molecule has 0 heterocycles. The number of rotatable bonds is 7. The summed E-state index contributed by atoms with van der Waals surface area (Å²) in [5.74, 6) is 0.371. The first-order chi connectivity index (χ1) is 9.83. The van der Waals surface area contributed by atoms with Crippen molar-refractivity contribution in [2.45, 2.75) is 25.3 Å². The minimum absolute atomic E-state index is 0.371. The van der Waals surface area contributed by atoms with Gasteiger partial charge in [0.1, 0.15) is 0 Å². The van der Waals surface area contributed by atoms with Crippen LogP contribution < -0.4 is 11.1 Å². The maximum Gasteiger partial charge on any atom is 0.0240 e. The van der Waals surface area contributed by atoms with E-state index in [0.717, 1.165) is 19.5 Å². The van der Waals surface area contributed by atoms with Crippen LogP contribution in [0.5, 0.6) is 0 Å². The average molecular weight is 268 g/mol. The van der Waals surface area contributed by atoms with Crippen molar-refractivity contribution >= 4 is 0 Å². The SMILES string of the molecule is CC(NCCCN)C(c1ccccc1)c1ccccc1. The smallest absolute Gasteiger partial charge is 0.0240 e. The van der Waals surface area contributed by atoms with E-state index in [-0.39, 0.29) is 0 Å². The molecule has 0 aromatic heterocycles. The van der Waals surface area contributed by atoms with Gasteiger partial charge in [0, 0.05) is 12.0 Å². The van der Waals surface area contributed by atoms with Crippen molar-refractivity contribution in [2.24, 2.45) is 5.73 Å². The molecule has 0 spiro atoms. The van der Waals surface area contributed by atoms with Gasteiger partial charge in [-0.05, 0) is 37.6 Å². The van der Waals surface area contributed by atoms with E-state index in [9.17, 15) is 0 Å². The molecular formula is C18H24N2. The fraction of sp³-hybridized carbons (Fsp3) is 0.333. The van der Waals surface area contributed by atoms with Gasteiger partial charge in [-0.2, -0.15) is 0 Å². The van der Waals surface area contributed by atoms with Gasteiger partial charge in [-0.25, -0.2) is 0 Å². The van der Waals surface area contributed by atoms with Crippen molar-refractivity contribution in [1.29, 1.82) is 0 Å². The lowest BCUT2D eigenvalue weighted by Gasteiger charge is -2.26. The van der Waals surface area contributed by atoms with Crippen molar-refractivity contribution in [1.82, 2.24) is 5.32 Å². The van der Waals surface area contributed by atoms with Crippen LogP contribution in [0.1, 0.15) is 30.4 Å². The summed E-state index contributed by atoms with van der Waals surface area (Å²) in [7, 11) is 0. The molecule has 0 radical (unpaired) electrons. The molecule has 2 nitrogen and oxygen atoms in total. The van der Waals surface area contributed by atoms with E-state index < -0.39 is 0 Å². The van der Waals surface area contributed by atoms with Gasteiger partial charge in [0.05, 0.1) is 0 Å². The molecule has 2 heteroatoms. The van der Waals surface area contributed by atoms with Gasteiger partial charge in [-0.1, -0.05) is 60.7 Å². The first kappa shape index (κ1) is 14.8. The maximum atomic E-state index is 5.57. The Balaban J connectivity index is 2.21. The van der Waals surface area contributed by atoms with Crippen LogP contribution in [0, 0.1) is 0 Å². The molecule has 1 unspecified atom stereocenters. The van der Waals surface area contributed by atoms with E-state index in [1.807, 2.05) is 0 Å². The van der Waals surface area contributed by atoms with Crippen LogP contribution in [-0.2, 0) is 0 Å². The molecule has 1 atom stereocenters. The first-order valence-electron chi connectivity index (χ1n) is 7.36. The minimum Gasteiger partial charge on any atom is -0.330 e. The standard InChI is InChI=1S/C18H24N2/c1-15(20-14-8-13-19)18(16-9-4-2-5-10-16)17-11-6-3-7-12-17/h2-7,9-12,15,18,20H,8,13-14,19H2,1H3. The zero-order chi connectivity index (χ0) is 14.2. The monoisotopic (exact) mass is 268 g/mol. The number of benzene rings is 2. The van der Waals surface area contributed by atoms with E-state index in [0.29, 0.717) is 12.0 Å². The van der Waals surface area contributed by atoms with Gasteiger partial charge in [0.2, 0.25) is 0 Å². The molecule has 0 fully saturated rings. The van der Waals surface area contributed by atoms with Gasteiger partial charge in [-0.15, -0.1) is 0 Å². The third-order valence-electron chi connectivity index (χ3n) is 3.66. The molecule has 2 rings (SSSR count). The Bertz CT molecular complexity index is 442. The minimum atomic E-state index is 0.371. The Morgan fingerprint density at radius 3 is 1.85 bits per heavy atom. The van der Waals surface area contributed by atoms with Crippen molar-refractivity contribution in [2.75, 3.05) is 13.1 Å². The van der Waals surface area contributed by atoms with Crippen LogP contribution >= 0.6 is 0 Å². The highest BCUT2D eigenvalue weighted by Gasteiger charge is 2.20. The van der Waals surface area contributed by atoms with E-state index >= 15 is 0 Å². The van der Waals surface area contributed by atoms with Crippen LogP contribution in [0.15, 0.2) is 60.7 Å². The van der Waals surface area contributed by atoms with E-state index in [1.54, 1.807) is 0 Å². The van der Waals surface area contributed by atoms with E-state index in [4.69, 9.17) is 5.73 Å². The molecule has 2 aromatic rings. The second-order valence-electron chi connectivity index (χ2n) is 5.18. The summed E-state index contributed by atoms with van der Waals surface area (Å²) in [6.45, 7) is 3.95. The maximum absolute atomic E-state index is 5.57. The molecule has 106 valence electrons. The largest absolute Gasteiger partial charge is 0.330 e. The summed E-state index contributed by atoms with van der Waals surface area (Å²) < 4.78 is 0. The van der Waals surface area contributed by atoms with Crippen molar-refractivity contribution < 1.29 is 0 Å². The molecule has 0 bridgehead atoms. The summed E-state index contributed by atoms with van der Waals surface area (Å²) in [4.78, 5) is 0. The lowest BCUT2D eigenvalue weighted by molar-refractivity contribution is 0.494. The van der Waals surface area contributed by atoms with Crippen molar-refractivity contribution in [3.63, 3.8) is 0 Å². The predicted molar refractivity (Wildman–Crippen MR) is 85.9 cm³/mol. The normalized spacial score (nSPS) is 12.6. The summed E-state index contributed by atoms with van der Waals surface area (Å²) in [6.07, 6.45) is 1.01. The van der Waals surface area contributed by atoms with Crippen LogP contribution in [0.4, 0.5) is 0 Å². The predicted octanol–water partition coefficient (Wildman–Crippen LogP) is 3.15. The lowest BCUT2D eigenvalue weighted by atomic mass is 9.86. The molecule has 0 aliphatic rings. The van der Waals surface area contributed by atoms with Gasteiger partial charge >= 0.3 is 0 Å². The third-order valence-corrected chi connectivity index (χ3v) is 3.66. The first-order valence-corrected chi connectivity index (χ1v) is 7.36. The van der Waals surface area contributed by atoms with Gasteiger partial charge in [0.15, 0.2) is 0 Å². The molecule has 0 aliphatic carbocycles. The summed E-state index contributed by atoms with van der Waals surface area (Å²) in [5, 5.41) is 3.60. The number of hydrogen-bond donors (Lipinski definition) is 2. The molecule has 0 aliphatic heterocycles. The molecule has 0 amide bonds. The molecule has 3 N–H and O–H groups in total. The lowest BCUT2D eigenvalue weighted by Crippen LogP contribution is -2.34. The fourth-order valence-corrected chi connectivity index (χ4v) is 2.64. The molecule has 0 saturated carbocycles. The second-order valence-corrected chi connectivity index (χ2v) is 5.18. The summed E-state index contributed by atoms with van der Waals surface area (Å²) in [5.41, 5.74) is 8.28. The third kappa shape index (κ3) is 3.92. The number of nitrogens with two attached hydrogens (primary N) is 1. The van der Waals surface area contributed by atoms with E-state index in [1.165, 1.54) is 11.1 Å². The van der Waals surface area contributed by atoms with Gasteiger partial charge in [0.25, 0.3) is 0 Å². The molecule has 0 saturated heterocycles. The second kappa shape index (κ2) is 7.83. The Morgan fingerprint density at radius 1 is 0.900 bits per heavy atom. The Morgan fingerprint density at radius 2 is 1.40 bits per heavy atom. The molecule has 20 heavy (non-hydrogen) atoms.